The van der Waals surface area contributed by atoms with Crippen LogP contribution in [-0.2, 0) is 9.84 Å². The Kier molecular flexibility index (Phi) is 7.37. The van der Waals surface area contributed by atoms with Crippen LogP contribution in [0.4, 0.5) is 0 Å². The van der Waals surface area contributed by atoms with Gasteiger partial charge in [0.1, 0.15) is 9.84 Å². The van der Waals surface area contributed by atoms with Crippen LogP contribution >= 0.6 is 23.4 Å². The molecule has 0 amide bonds. The normalized spacial score (nSPS) is 13.4. The van der Waals surface area contributed by atoms with Crippen LogP contribution in [0.3, 0.4) is 0 Å². The molecule has 0 radical (unpaired) electrons. The number of hydrogen-bond donors (Lipinski definition) is 1. The van der Waals surface area contributed by atoms with Gasteiger partial charge in [0.2, 0.25) is 0 Å². The Bertz CT molecular complexity index is 532. The molecule has 6 heteroatoms. The Balaban J connectivity index is 2.63. The van der Waals surface area contributed by atoms with Gasteiger partial charge in [-0.3, -0.25) is 0 Å². The van der Waals surface area contributed by atoms with Crippen molar-refractivity contribution in [3.05, 3.63) is 28.8 Å². The Morgan fingerprint density at radius 2 is 2.10 bits per heavy atom. The van der Waals surface area contributed by atoms with Crippen LogP contribution in [0.2, 0.25) is 5.02 Å². The minimum Gasteiger partial charge on any atom is -0.310 e. The third-order valence-corrected chi connectivity index (χ3v) is 5.39. The van der Waals surface area contributed by atoms with Crippen molar-refractivity contribution in [2.75, 3.05) is 24.3 Å². The molecule has 20 heavy (non-hydrogen) atoms. The van der Waals surface area contributed by atoms with Gasteiger partial charge in [0.25, 0.3) is 0 Å². The maximum atomic E-state index is 11.1. The third kappa shape index (κ3) is 6.48. The molecule has 0 bridgehead atoms. The highest BCUT2D eigenvalue weighted by atomic mass is 35.5. The van der Waals surface area contributed by atoms with Crippen molar-refractivity contribution in [2.24, 2.45) is 0 Å². The number of hydrogen-bond acceptors (Lipinski definition) is 4. The molecule has 0 spiro atoms. The van der Waals surface area contributed by atoms with E-state index < -0.39 is 9.84 Å². The first-order chi connectivity index (χ1) is 9.33. The van der Waals surface area contributed by atoms with Crippen LogP contribution < -0.4 is 5.32 Å². The van der Waals surface area contributed by atoms with Gasteiger partial charge >= 0.3 is 0 Å². The minimum absolute atomic E-state index is 0.186. The number of halogens is 1. The first kappa shape index (κ1) is 17.8. The van der Waals surface area contributed by atoms with Gasteiger partial charge in [0, 0.05) is 28.0 Å². The van der Waals surface area contributed by atoms with Gasteiger partial charge in [-0.25, -0.2) is 8.42 Å². The van der Waals surface area contributed by atoms with Gasteiger partial charge in [0.05, 0.1) is 5.75 Å². The summed E-state index contributed by atoms with van der Waals surface area (Å²) in [6, 6.07) is 6.14. The number of rotatable bonds is 8. The second-order valence-corrected chi connectivity index (χ2v) is 8.67. The Hall–Kier alpha value is -0.230. The highest BCUT2D eigenvalue weighted by molar-refractivity contribution is 8.00. The maximum absolute atomic E-state index is 11.1. The monoisotopic (exact) mass is 335 g/mol. The van der Waals surface area contributed by atoms with Crippen LogP contribution in [0.1, 0.15) is 31.9 Å². The van der Waals surface area contributed by atoms with Crippen molar-refractivity contribution in [1.29, 1.82) is 0 Å². The van der Waals surface area contributed by atoms with E-state index in [0.29, 0.717) is 5.75 Å². The second kappa shape index (κ2) is 8.27. The van der Waals surface area contributed by atoms with E-state index in [0.717, 1.165) is 28.4 Å². The number of benzene rings is 1. The van der Waals surface area contributed by atoms with Crippen molar-refractivity contribution >= 4 is 33.2 Å². The number of nitrogens with one attached hydrogen (secondary N) is 1. The van der Waals surface area contributed by atoms with Crippen molar-refractivity contribution < 1.29 is 8.42 Å². The van der Waals surface area contributed by atoms with E-state index in [9.17, 15) is 8.42 Å². The van der Waals surface area contributed by atoms with Crippen molar-refractivity contribution in [3.8, 4) is 0 Å². The molecule has 0 saturated heterocycles. The van der Waals surface area contributed by atoms with E-state index >= 15 is 0 Å². The second-order valence-electron chi connectivity index (χ2n) is 4.84. The molecular formula is C14H22ClNO2S2. The average Bonchev–Trinajstić information content (AvgIpc) is 2.34. The van der Waals surface area contributed by atoms with Gasteiger partial charge < -0.3 is 5.32 Å². The molecule has 1 rings (SSSR count). The van der Waals surface area contributed by atoms with Crippen LogP contribution in [0.25, 0.3) is 0 Å². The topological polar surface area (TPSA) is 46.2 Å². The molecule has 1 atom stereocenters. The lowest BCUT2D eigenvalue weighted by Gasteiger charge is -2.16. The molecule has 0 aromatic heterocycles. The van der Waals surface area contributed by atoms with Gasteiger partial charge in [0.15, 0.2) is 0 Å². The first-order valence-corrected chi connectivity index (χ1v) is 10.1. The van der Waals surface area contributed by atoms with Gasteiger partial charge in [-0.05, 0) is 37.6 Å². The summed E-state index contributed by atoms with van der Waals surface area (Å²) in [4.78, 5) is 1.00. The highest BCUT2D eigenvalue weighted by Crippen LogP contribution is 2.28. The number of thioether (sulfide) groups is 1. The molecule has 1 unspecified atom stereocenters. The Morgan fingerprint density at radius 1 is 1.40 bits per heavy atom. The summed E-state index contributed by atoms with van der Waals surface area (Å²) in [5.74, 6) is 0.740. The Labute approximate surface area is 131 Å². The molecule has 1 aromatic rings. The van der Waals surface area contributed by atoms with Crippen LogP contribution in [-0.4, -0.2) is 32.7 Å². The van der Waals surface area contributed by atoms with E-state index in [2.05, 4.69) is 19.2 Å². The first-order valence-electron chi connectivity index (χ1n) is 6.67. The summed E-state index contributed by atoms with van der Waals surface area (Å²) in [6.07, 6.45) is 2.34. The zero-order chi connectivity index (χ0) is 15.2. The van der Waals surface area contributed by atoms with Crippen molar-refractivity contribution in [2.45, 2.75) is 31.2 Å². The molecular weight excluding hydrogens is 314 g/mol. The quantitative estimate of drug-likeness (QED) is 0.738. The highest BCUT2D eigenvalue weighted by Gasteiger charge is 2.10. The summed E-state index contributed by atoms with van der Waals surface area (Å²) >= 11 is 7.82. The number of sulfone groups is 1. The summed E-state index contributed by atoms with van der Waals surface area (Å²) in [5, 5.41) is 4.13. The molecule has 0 fully saturated rings. The SMILES string of the molecule is CCCNC(C)c1ccc(SCCS(C)(=O)=O)cc1Cl. The summed E-state index contributed by atoms with van der Waals surface area (Å²) in [5.41, 5.74) is 1.08. The lowest BCUT2D eigenvalue weighted by atomic mass is 10.1. The van der Waals surface area contributed by atoms with Crippen molar-refractivity contribution in [1.82, 2.24) is 5.32 Å². The molecule has 0 heterocycles. The molecule has 0 saturated carbocycles. The molecule has 114 valence electrons. The average molecular weight is 336 g/mol. The van der Waals surface area contributed by atoms with E-state index in [1.807, 2.05) is 18.2 Å². The predicted octanol–water partition coefficient (Wildman–Crippen LogP) is 3.54. The minimum atomic E-state index is -2.90. The zero-order valence-electron chi connectivity index (χ0n) is 12.1. The van der Waals surface area contributed by atoms with E-state index in [-0.39, 0.29) is 11.8 Å². The molecule has 0 aliphatic rings. The largest absolute Gasteiger partial charge is 0.310 e. The predicted molar refractivity (Wildman–Crippen MR) is 88.6 cm³/mol. The summed E-state index contributed by atoms with van der Waals surface area (Å²) < 4.78 is 22.2. The lowest BCUT2D eigenvalue weighted by molar-refractivity contribution is 0.570. The van der Waals surface area contributed by atoms with E-state index in [1.165, 1.54) is 18.0 Å². The fourth-order valence-corrected chi connectivity index (χ4v) is 4.28. The summed E-state index contributed by atoms with van der Waals surface area (Å²) in [6.45, 7) is 5.18. The molecule has 1 N–H and O–H groups in total. The molecule has 3 nitrogen and oxygen atoms in total. The smallest absolute Gasteiger partial charge is 0.148 e. The van der Waals surface area contributed by atoms with Crippen molar-refractivity contribution in [3.63, 3.8) is 0 Å². The lowest BCUT2D eigenvalue weighted by Crippen LogP contribution is -2.19. The molecule has 0 aliphatic carbocycles. The van der Waals surface area contributed by atoms with E-state index in [1.54, 1.807) is 0 Å². The molecule has 0 aliphatic heterocycles. The van der Waals surface area contributed by atoms with Crippen LogP contribution in [0, 0.1) is 0 Å². The third-order valence-electron chi connectivity index (χ3n) is 2.86. The van der Waals surface area contributed by atoms with Crippen LogP contribution in [0.5, 0.6) is 0 Å². The van der Waals surface area contributed by atoms with Gasteiger partial charge in [-0.15, -0.1) is 11.8 Å². The zero-order valence-corrected chi connectivity index (χ0v) is 14.5. The fraction of sp³-hybridized carbons (Fsp3) is 0.571. The Morgan fingerprint density at radius 3 is 2.65 bits per heavy atom. The van der Waals surface area contributed by atoms with Gasteiger partial charge in [-0.2, -0.15) is 0 Å². The maximum Gasteiger partial charge on any atom is 0.148 e. The summed E-state index contributed by atoms with van der Waals surface area (Å²) in [7, 11) is -2.90. The van der Waals surface area contributed by atoms with E-state index in [4.69, 9.17) is 11.6 Å². The fourth-order valence-electron chi connectivity index (χ4n) is 1.73. The van der Waals surface area contributed by atoms with Crippen LogP contribution in [0.15, 0.2) is 23.1 Å². The van der Waals surface area contributed by atoms with Gasteiger partial charge in [-0.1, -0.05) is 24.6 Å². The standard InChI is InChI=1S/C14H22ClNO2S2/c1-4-7-16-11(2)13-6-5-12(10-14(13)15)19-8-9-20(3,17)18/h5-6,10-11,16H,4,7-9H2,1-3H3. The molecule has 1 aromatic carbocycles.